The monoisotopic (exact) mass is 1180 g/mol. The lowest BCUT2D eigenvalue weighted by Gasteiger charge is -2.33. The molecule has 19 nitrogen and oxygen atoms in total. The Balaban J connectivity index is 0.000000240. The standard InChI is InChI=1S/C33H41N5O4.C32H40N6O4.2CH4/c1-23(19-24-12-14-25(15-13-24)27-22-35(2)33(41)36(3)32(27)40)20-30(39)37-16-7-9-26(21-37)31-34-28-10-5-6-11-29(28)38(31)17-8-18-42-4;1-35-21-26(31(40)36(2)32(35)41)23-13-11-22(12-14-23)18-25(33)19-29(39)37-15-6-8-24(20-37)30-34-27-9-4-5-10-28(27)38(30)16-7-17-42-3;;/h5-6,10-15,22-23,26H,7-9,16-21H2,1-4H3;4-5,9-14,21,24-25H,6-8,15-20,33H2,1-3H3;2*1H4/t23-,26-;24-,25-;;/m11../s1. The molecule has 19 heteroatoms. The normalized spacial score (nSPS) is 15.8. The fourth-order valence-electron chi connectivity index (χ4n) is 12.1. The summed E-state index contributed by atoms with van der Waals surface area (Å²) < 4.78 is 20.2. The van der Waals surface area contributed by atoms with Crippen molar-refractivity contribution < 1.29 is 19.1 Å². The molecule has 2 aliphatic rings. The number of piperidine rings is 2. The van der Waals surface area contributed by atoms with Crippen molar-refractivity contribution >= 4 is 33.9 Å². The number of aryl methyl sites for hydroxylation is 4. The number of nitrogens with zero attached hydrogens (tertiary/aromatic N) is 10. The summed E-state index contributed by atoms with van der Waals surface area (Å²) in [5.41, 5.74) is 13.9. The van der Waals surface area contributed by atoms with E-state index in [4.69, 9.17) is 25.2 Å². The van der Waals surface area contributed by atoms with E-state index in [1.54, 1.807) is 40.7 Å². The molecule has 4 aromatic heterocycles. The molecule has 10 rings (SSSR count). The maximum absolute atomic E-state index is 13.4. The van der Waals surface area contributed by atoms with E-state index in [1.807, 2.05) is 82.6 Å². The van der Waals surface area contributed by atoms with Crippen LogP contribution in [-0.2, 0) is 73.2 Å². The number of nitrogens with two attached hydrogens (primary N) is 1. The number of rotatable bonds is 20. The van der Waals surface area contributed by atoms with E-state index in [0.717, 1.165) is 136 Å². The molecule has 4 aromatic carbocycles. The van der Waals surface area contributed by atoms with Crippen LogP contribution in [0.2, 0.25) is 0 Å². The minimum absolute atomic E-state index is 0. The predicted octanol–water partition coefficient (Wildman–Crippen LogP) is 8.19. The molecule has 0 saturated carbocycles. The lowest BCUT2D eigenvalue weighted by molar-refractivity contribution is -0.133. The van der Waals surface area contributed by atoms with Gasteiger partial charge in [-0.25, -0.2) is 19.6 Å². The molecule has 2 fully saturated rings. The summed E-state index contributed by atoms with van der Waals surface area (Å²) in [4.78, 5) is 90.0. The second-order valence-electron chi connectivity index (χ2n) is 22.9. The number of imidazole rings is 2. The number of fused-ring (bicyclic) bond motifs is 2. The van der Waals surface area contributed by atoms with Gasteiger partial charge in [-0.05, 0) is 104 Å². The molecule has 0 unspecified atom stereocenters. The summed E-state index contributed by atoms with van der Waals surface area (Å²) in [5, 5.41) is 0. The van der Waals surface area contributed by atoms with Crippen molar-refractivity contribution in [1.82, 2.24) is 47.2 Å². The number of carbonyl (C=O) groups excluding carboxylic acids is 2. The Labute approximate surface area is 504 Å². The molecule has 2 aliphatic heterocycles. The highest BCUT2D eigenvalue weighted by Crippen LogP contribution is 2.32. The zero-order valence-corrected chi connectivity index (χ0v) is 49.7. The Morgan fingerprint density at radius 2 is 0.988 bits per heavy atom. The summed E-state index contributed by atoms with van der Waals surface area (Å²) in [6.07, 6.45) is 10.9. The SMILES string of the molecule is C.C.COCCCn1c([C@@H]2CCCN(C(=O)C[C@H](C)Cc3ccc(-c4cn(C)c(=O)n(C)c4=O)cc3)C2)nc2ccccc21.COCCCn1c([C@@H]2CCCN(C(=O)C[C@H](N)Cc3ccc(-c4cn(C)c(=O)n(C)c4=O)cc3)C2)nc2ccccc21. The topological polar surface area (TPSA) is 209 Å². The molecule has 0 radical (unpaired) electrons. The minimum Gasteiger partial charge on any atom is -0.385 e. The Kier molecular flexibility index (Phi) is 22.8. The number of likely N-dealkylation sites (tertiary alicyclic amines) is 2. The molecule has 460 valence electrons. The fourth-order valence-corrected chi connectivity index (χ4v) is 12.1. The van der Waals surface area contributed by atoms with Gasteiger partial charge in [0.15, 0.2) is 0 Å². The van der Waals surface area contributed by atoms with E-state index in [0.29, 0.717) is 50.3 Å². The molecule has 6 heterocycles. The molecular weight excluding hydrogens is 1090 g/mol. The number of hydrogen-bond donors (Lipinski definition) is 1. The van der Waals surface area contributed by atoms with Gasteiger partial charge >= 0.3 is 11.4 Å². The lowest BCUT2D eigenvalue weighted by Crippen LogP contribution is -2.42. The van der Waals surface area contributed by atoms with E-state index < -0.39 is 0 Å². The Morgan fingerprint density at radius 1 is 0.581 bits per heavy atom. The highest BCUT2D eigenvalue weighted by molar-refractivity contribution is 5.79. The first-order valence-corrected chi connectivity index (χ1v) is 29.4. The minimum atomic E-state index is -0.364. The molecule has 2 saturated heterocycles. The number of hydrogen-bond acceptors (Lipinski definition) is 11. The summed E-state index contributed by atoms with van der Waals surface area (Å²) in [5.74, 6) is 2.94. The molecule has 8 aromatic rings. The van der Waals surface area contributed by atoms with Crippen molar-refractivity contribution in [2.24, 2.45) is 39.8 Å². The molecule has 0 aliphatic carbocycles. The van der Waals surface area contributed by atoms with Gasteiger partial charge in [0, 0.05) is 138 Å². The third kappa shape index (κ3) is 15.1. The third-order valence-electron chi connectivity index (χ3n) is 16.6. The van der Waals surface area contributed by atoms with Gasteiger partial charge < -0.3 is 43.3 Å². The van der Waals surface area contributed by atoms with Gasteiger partial charge in [0.25, 0.3) is 11.1 Å². The summed E-state index contributed by atoms with van der Waals surface area (Å²) >= 11 is 0. The van der Waals surface area contributed by atoms with Crippen LogP contribution in [0.25, 0.3) is 44.3 Å². The molecule has 4 atom stereocenters. The van der Waals surface area contributed by atoms with Gasteiger partial charge in [-0.1, -0.05) is 94.6 Å². The number of carbonyl (C=O) groups is 2. The number of amides is 2. The average molecular weight is 1180 g/mol. The van der Waals surface area contributed by atoms with Crippen LogP contribution in [0.3, 0.4) is 0 Å². The van der Waals surface area contributed by atoms with Crippen molar-refractivity contribution in [3.63, 3.8) is 0 Å². The average Bonchev–Trinajstić information content (AvgIpc) is 1.82. The van der Waals surface area contributed by atoms with Crippen LogP contribution in [0.1, 0.15) is 108 Å². The summed E-state index contributed by atoms with van der Waals surface area (Å²) in [7, 11) is 9.68. The molecule has 86 heavy (non-hydrogen) atoms. The van der Waals surface area contributed by atoms with Crippen molar-refractivity contribution in [3.05, 3.63) is 174 Å². The van der Waals surface area contributed by atoms with Crippen LogP contribution in [0.15, 0.2) is 129 Å². The van der Waals surface area contributed by atoms with Crippen molar-refractivity contribution in [3.8, 4) is 22.3 Å². The van der Waals surface area contributed by atoms with Crippen LogP contribution >= 0.6 is 0 Å². The van der Waals surface area contributed by atoms with Gasteiger partial charge in [0.2, 0.25) is 11.8 Å². The Hall–Kier alpha value is -8.00. The van der Waals surface area contributed by atoms with Gasteiger partial charge in [-0.2, -0.15) is 0 Å². The molecule has 0 bridgehead atoms. The van der Waals surface area contributed by atoms with Crippen LogP contribution < -0.4 is 28.2 Å². The third-order valence-corrected chi connectivity index (χ3v) is 16.6. The van der Waals surface area contributed by atoms with E-state index in [2.05, 4.69) is 40.3 Å². The quantitative estimate of drug-likeness (QED) is 0.0720. The second-order valence-corrected chi connectivity index (χ2v) is 22.9. The first-order chi connectivity index (χ1) is 40.5. The highest BCUT2D eigenvalue weighted by Gasteiger charge is 2.31. The smallest absolute Gasteiger partial charge is 0.330 e. The maximum atomic E-state index is 13.4. The van der Waals surface area contributed by atoms with Crippen LogP contribution in [-0.4, -0.2) is 119 Å². The Bertz CT molecular complexity index is 3590. The number of para-hydroxylation sites is 4. The van der Waals surface area contributed by atoms with E-state index in [1.165, 1.54) is 23.2 Å². The van der Waals surface area contributed by atoms with E-state index in [9.17, 15) is 28.8 Å². The zero-order valence-electron chi connectivity index (χ0n) is 49.7. The van der Waals surface area contributed by atoms with Crippen molar-refractivity contribution in [2.45, 2.75) is 117 Å². The molecular formula is C67H89N11O8. The number of ether oxygens (including phenoxy) is 2. The highest BCUT2D eigenvalue weighted by atomic mass is 16.5. The second kappa shape index (κ2) is 29.9. The number of aromatic nitrogens is 8. The first-order valence-electron chi connectivity index (χ1n) is 29.4. The maximum Gasteiger partial charge on any atom is 0.330 e. The van der Waals surface area contributed by atoms with Gasteiger partial charge in [-0.3, -0.25) is 28.3 Å². The molecule has 2 N–H and O–H groups in total. The fraction of sp³-hybridized carbons (Fsp3) is 0.463. The Morgan fingerprint density at radius 3 is 1.42 bits per heavy atom. The molecule has 0 spiro atoms. The number of methoxy groups -OCH3 is 2. The van der Waals surface area contributed by atoms with E-state index in [-0.39, 0.29) is 79.4 Å². The first kappa shape index (κ1) is 65.5. The largest absolute Gasteiger partial charge is 0.385 e. The van der Waals surface area contributed by atoms with E-state index >= 15 is 0 Å². The van der Waals surface area contributed by atoms with Crippen molar-refractivity contribution in [2.75, 3.05) is 53.6 Å². The van der Waals surface area contributed by atoms with Crippen LogP contribution in [0.5, 0.6) is 0 Å². The van der Waals surface area contributed by atoms with Crippen LogP contribution in [0.4, 0.5) is 0 Å². The summed E-state index contributed by atoms with van der Waals surface area (Å²) in [6.45, 7) is 8.04. The number of benzene rings is 4. The lowest BCUT2D eigenvalue weighted by atomic mass is 9.94. The van der Waals surface area contributed by atoms with Crippen LogP contribution in [0, 0.1) is 5.92 Å². The molecule has 2 amide bonds. The summed E-state index contributed by atoms with van der Waals surface area (Å²) in [6, 6.07) is 31.6. The zero-order chi connectivity index (χ0) is 59.6. The van der Waals surface area contributed by atoms with Crippen molar-refractivity contribution in [1.29, 1.82) is 0 Å². The van der Waals surface area contributed by atoms with Gasteiger partial charge in [-0.15, -0.1) is 0 Å². The predicted molar refractivity (Wildman–Crippen MR) is 342 cm³/mol. The van der Waals surface area contributed by atoms with Gasteiger partial charge in [0.05, 0.1) is 33.2 Å². The van der Waals surface area contributed by atoms with Gasteiger partial charge in [0.1, 0.15) is 11.6 Å².